The van der Waals surface area contributed by atoms with Crippen molar-refractivity contribution in [1.29, 1.82) is 0 Å². The number of para-hydroxylation sites is 1. The van der Waals surface area contributed by atoms with Crippen LogP contribution in [-0.2, 0) is 0 Å². The van der Waals surface area contributed by atoms with Gasteiger partial charge in [-0.15, -0.1) is 11.3 Å². The molecule has 0 atom stereocenters. The van der Waals surface area contributed by atoms with Crippen molar-refractivity contribution in [3.63, 3.8) is 0 Å². The van der Waals surface area contributed by atoms with Gasteiger partial charge in [-0.25, -0.2) is 0 Å². The number of benzene rings is 11. The standard InChI is InChI=1S/C58H34OS/c1-2-16-35(17-3-1)53-38-18-4-6-20-40(38)54(41-21-7-5-19-39(41)53)36-32-33-37-46-27-14-29-49(58(46)60-52(37)34-36)56-44-24-10-8-22-42(44)55(43-23-9-11-25-45(43)56)48-28-15-31-51-57(48)47-26-12-13-30-50(47)59-51/h1-34H. The molecule has 0 saturated carbocycles. The molecular weight excluding hydrogens is 745 g/mol. The number of thiophene rings is 1. The maximum absolute atomic E-state index is 6.41. The van der Waals surface area contributed by atoms with Gasteiger partial charge in [0.15, 0.2) is 0 Å². The Labute approximate surface area is 350 Å². The lowest BCUT2D eigenvalue weighted by atomic mass is 9.84. The van der Waals surface area contributed by atoms with Gasteiger partial charge in [-0.2, -0.15) is 0 Å². The van der Waals surface area contributed by atoms with Crippen molar-refractivity contribution in [3.05, 3.63) is 206 Å². The van der Waals surface area contributed by atoms with Crippen molar-refractivity contribution >= 4 is 96.5 Å². The summed E-state index contributed by atoms with van der Waals surface area (Å²) in [5.41, 5.74) is 11.9. The second kappa shape index (κ2) is 13.0. The molecule has 0 aliphatic rings. The molecule has 0 aliphatic carbocycles. The summed E-state index contributed by atoms with van der Waals surface area (Å²) in [6, 6.07) is 75.6. The number of rotatable bonds is 4. The van der Waals surface area contributed by atoms with Gasteiger partial charge in [0.25, 0.3) is 0 Å². The molecule has 0 N–H and O–H groups in total. The third kappa shape index (κ3) is 4.80. The second-order valence-electron chi connectivity index (χ2n) is 15.8. The first-order chi connectivity index (χ1) is 29.8. The van der Waals surface area contributed by atoms with E-state index in [-0.39, 0.29) is 0 Å². The van der Waals surface area contributed by atoms with E-state index >= 15 is 0 Å². The van der Waals surface area contributed by atoms with Crippen molar-refractivity contribution in [2.24, 2.45) is 0 Å². The van der Waals surface area contributed by atoms with Crippen LogP contribution < -0.4 is 0 Å². The lowest BCUT2D eigenvalue weighted by Crippen LogP contribution is -1.91. The lowest BCUT2D eigenvalue weighted by Gasteiger charge is -2.18. The number of hydrogen-bond donors (Lipinski definition) is 0. The van der Waals surface area contributed by atoms with Crippen molar-refractivity contribution in [2.75, 3.05) is 0 Å². The minimum Gasteiger partial charge on any atom is -0.456 e. The van der Waals surface area contributed by atoms with Gasteiger partial charge in [-0.05, 0) is 100 Å². The molecule has 0 unspecified atom stereocenters. The van der Waals surface area contributed by atoms with Crippen molar-refractivity contribution < 1.29 is 4.42 Å². The second-order valence-corrected chi connectivity index (χ2v) is 16.9. The lowest BCUT2D eigenvalue weighted by molar-refractivity contribution is 0.669. The molecule has 0 amide bonds. The summed E-state index contributed by atoms with van der Waals surface area (Å²) < 4.78 is 9.01. The molecule has 0 saturated heterocycles. The average molecular weight is 779 g/mol. The van der Waals surface area contributed by atoms with Gasteiger partial charge in [0.2, 0.25) is 0 Å². The first-order valence-electron chi connectivity index (χ1n) is 20.6. The first kappa shape index (κ1) is 33.5. The van der Waals surface area contributed by atoms with Crippen molar-refractivity contribution in [1.82, 2.24) is 0 Å². The SMILES string of the molecule is c1ccc(-c2c3ccccc3c(-c3ccc4c(c3)sc3c(-c5c6ccccc6c(-c6cccc7oc8ccccc8c67)c6ccccc56)cccc34)c3ccccc23)cc1. The highest BCUT2D eigenvalue weighted by atomic mass is 32.1. The molecule has 0 radical (unpaired) electrons. The fraction of sp³-hybridized carbons (Fsp3) is 0. The van der Waals surface area contributed by atoms with Crippen LogP contribution in [0.2, 0.25) is 0 Å². The minimum absolute atomic E-state index is 0.911. The van der Waals surface area contributed by atoms with E-state index in [1.54, 1.807) is 0 Å². The van der Waals surface area contributed by atoms with E-state index in [2.05, 4.69) is 200 Å². The topological polar surface area (TPSA) is 13.1 Å². The van der Waals surface area contributed by atoms with Gasteiger partial charge >= 0.3 is 0 Å². The minimum atomic E-state index is 0.911. The zero-order valence-corrected chi connectivity index (χ0v) is 33.3. The van der Waals surface area contributed by atoms with E-state index < -0.39 is 0 Å². The van der Waals surface area contributed by atoms with E-state index in [1.165, 1.54) is 108 Å². The molecule has 13 aromatic rings. The molecular formula is C58H34OS. The number of fused-ring (bicyclic) bond motifs is 10. The number of furan rings is 1. The third-order valence-electron chi connectivity index (χ3n) is 12.7. The normalized spacial score (nSPS) is 12.0. The molecule has 0 fully saturated rings. The van der Waals surface area contributed by atoms with E-state index in [0.717, 1.165) is 21.9 Å². The molecule has 13 rings (SSSR count). The molecule has 0 spiro atoms. The maximum Gasteiger partial charge on any atom is 0.136 e. The Morgan fingerprint density at radius 3 is 1.35 bits per heavy atom. The highest BCUT2D eigenvalue weighted by Crippen LogP contribution is 2.51. The Balaban J connectivity index is 1.06. The molecule has 2 heteroatoms. The predicted molar refractivity (Wildman–Crippen MR) is 258 cm³/mol. The van der Waals surface area contributed by atoms with Crippen LogP contribution in [0.3, 0.4) is 0 Å². The van der Waals surface area contributed by atoms with E-state index in [9.17, 15) is 0 Å². The van der Waals surface area contributed by atoms with Crippen LogP contribution in [-0.4, -0.2) is 0 Å². The van der Waals surface area contributed by atoms with Gasteiger partial charge in [0.05, 0.1) is 0 Å². The molecule has 60 heavy (non-hydrogen) atoms. The Bertz CT molecular complexity index is 3770. The van der Waals surface area contributed by atoms with Crippen molar-refractivity contribution in [3.8, 4) is 44.5 Å². The smallest absolute Gasteiger partial charge is 0.136 e. The highest BCUT2D eigenvalue weighted by Gasteiger charge is 2.23. The van der Waals surface area contributed by atoms with Crippen LogP contribution in [0.5, 0.6) is 0 Å². The Morgan fingerprint density at radius 2 is 0.733 bits per heavy atom. The van der Waals surface area contributed by atoms with Crippen LogP contribution in [0.4, 0.5) is 0 Å². The summed E-state index contributed by atoms with van der Waals surface area (Å²) in [6.45, 7) is 0. The number of hydrogen-bond acceptors (Lipinski definition) is 2. The summed E-state index contributed by atoms with van der Waals surface area (Å²) in [7, 11) is 0. The van der Waals surface area contributed by atoms with Crippen LogP contribution in [0, 0.1) is 0 Å². The Hall–Kier alpha value is -7.52. The van der Waals surface area contributed by atoms with Gasteiger partial charge < -0.3 is 4.42 Å². The molecule has 11 aromatic carbocycles. The van der Waals surface area contributed by atoms with Crippen LogP contribution in [0.15, 0.2) is 211 Å². The van der Waals surface area contributed by atoms with E-state index in [1.807, 2.05) is 17.4 Å². The van der Waals surface area contributed by atoms with Gasteiger partial charge in [-0.3, -0.25) is 0 Å². The third-order valence-corrected chi connectivity index (χ3v) is 13.9. The zero-order valence-electron chi connectivity index (χ0n) is 32.4. The summed E-state index contributed by atoms with van der Waals surface area (Å²) in [6.07, 6.45) is 0. The van der Waals surface area contributed by atoms with Gasteiger partial charge in [0, 0.05) is 36.5 Å². The van der Waals surface area contributed by atoms with Crippen molar-refractivity contribution in [2.45, 2.75) is 0 Å². The monoisotopic (exact) mass is 778 g/mol. The van der Waals surface area contributed by atoms with E-state index in [4.69, 9.17) is 4.42 Å². The maximum atomic E-state index is 6.41. The van der Waals surface area contributed by atoms with Crippen LogP contribution >= 0.6 is 11.3 Å². The largest absolute Gasteiger partial charge is 0.456 e. The van der Waals surface area contributed by atoms with E-state index in [0.29, 0.717) is 0 Å². The molecule has 2 heterocycles. The summed E-state index contributed by atoms with van der Waals surface area (Å²) in [5, 5.41) is 14.9. The molecule has 0 aliphatic heterocycles. The van der Waals surface area contributed by atoms with Crippen LogP contribution in [0.1, 0.15) is 0 Å². The molecule has 2 aromatic heterocycles. The predicted octanol–water partition coefficient (Wildman–Crippen LogP) is 17.2. The highest BCUT2D eigenvalue weighted by molar-refractivity contribution is 7.26. The molecule has 0 bridgehead atoms. The average Bonchev–Trinajstić information content (AvgIpc) is 3.89. The fourth-order valence-electron chi connectivity index (χ4n) is 10.2. The van der Waals surface area contributed by atoms with Gasteiger partial charge in [0.1, 0.15) is 11.2 Å². The summed E-state index contributed by atoms with van der Waals surface area (Å²) >= 11 is 1.91. The summed E-state index contributed by atoms with van der Waals surface area (Å²) in [4.78, 5) is 0. The quantitative estimate of drug-likeness (QED) is 0.162. The zero-order chi connectivity index (χ0) is 39.3. The fourth-order valence-corrected chi connectivity index (χ4v) is 11.5. The Morgan fingerprint density at radius 1 is 0.283 bits per heavy atom. The molecule has 1 nitrogen and oxygen atoms in total. The van der Waals surface area contributed by atoms with Crippen LogP contribution in [0.25, 0.3) is 130 Å². The Kier molecular flexibility index (Phi) is 7.24. The first-order valence-corrected chi connectivity index (χ1v) is 21.4. The molecule has 278 valence electrons. The van der Waals surface area contributed by atoms with Gasteiger partial charge in [-0.1, -0.05) is 188 Å². The summed E-state index contributed by atoms with van der Waals surface area (Å²) in [5.74, 6) is 0.